The van der Waals surface area contributed by atoms with Crippen LogP contribution in [-0.4, -0.2) is 51.4 Å². The Bertz CT molecular complexity index is 878. The molecular weight excluding hydrogens is 390 g/mol. The van der Waals surface area contributed by atoms with Crippen molar-refractivity contribution in [2.24, 2.45) is 0 Å². The van der Waals surface area contributed by atoms with E-state index in [1.165, 1.54) is 0 Å². The molecule has 0 aliphatic carbocycles. The molecule has 0 heterocycles. The molecule has 4 atom stereocenters. The van der Waals surface area contributed by atoms with E-state index in [0.29, 0.717) is 0 Å². The van der Waals surface area contributed by atoms with Crippen LogP contribution in [0.15, 0.2) is 97.1 Å². The zero-order valence-electron chi connectivity index (χ0n) is 17.2. The minimum absolute atomic E-state index is 0.263. The van der Waals surface area contributed by atoms with Gasteiger partial charge in [-0.25, -0.2) is 0 Å². The Morgan fingerprint density at radius 1 is 0.677 bits per heavy atom. The topological polar surface area (TPSA) is 93.0 Å². The number of hydrogen-bond donors (Lipinski definition) is 5. The van der Waals surface area contributed by atoms with Crippen molar-refractivity contribution >= 4 is 6.08 Å². The number of benzene rings is 3. The Labute approximate surface area is 183 Å². The first kappa shape index (κ1) is 22.9. The summed E-state index contributed by atoms with van der Waals surface area (Å²) in [5, 5.41) is 43.8. The van der Waals surface area contributed by atoms with E-state index < -0.39 is 31.0 Å². The van der Waals surface area contributed by atoms with Crippen molar-refractivity contribution in [1.29, 1.82) is 0 Å². The Hall–Kier alpha value is -2.80. The molecule has 0 aromatic heterocycles. The van der Waals surface area contributed by atoms with Gasteiger partial charge >= 0.3 is 0 Å². The molecule has 0 saturated carbocycles. The van der Waals surface area contributed by atoms with Crippen LogP contribution in [0.3, 0.4) is 0 Å². The summed E-state index contributed by atoms with van der Waals surface area (Å²) in [7, 11) is 0. The summed E-state index contributed by atoms with van der Waals surface area (Å²) in [6.07, 6.45) is -0.693. The summed E-state index contributed by atoms with van der Waals surface area (Å²) in [6, 6.07) is 28.3. The molecule has 3 aromatic rings. The standard InChI is InChI=1S/C26H29NO4/c28-18-23(29)26(31)25(30)22(17-16-19-10-4-1-5-11-19)27-24(20-12-6-2-7-13-20)21-14-8-3-9-15-21/h1-17,22-31H,18H2/b17-16+. The third-order valence-electron chi connectivity index (χ3n) is 5.22. The highest BCUT2D eigenvalue weighted by Gasteiger charge is 2.31. The van der Waals surface area contributed by atoms with Crippen LogP contribution in [0.1, 0.15) is 22.7 Å². The molecule has 0 aliphatic rings. The van der Waals surface area contributed by atoms with Crippen molar-refractivity contribution < 1.29 is 20.4 Å². The van der Waals surface area contributed by atoms with Gasteiger partial charge in [-0.3, -0.25) is 5.32 Å². The van der Waals surface area contributed by atoms with Gasteiger partial charge in [0.1, 0.15) is 18.3 Å². The average Bonchev–Trinajstić information content (AvgIpc) is 2.84. The second-order valence-corrected chi connectivity index (χ2v) is 7.45. The summed E-state index contributed by atoms with van der Waals surface area (Å²) < 4.78 is 0. The van der Waals surface area contributed by atoms with E-state index >= 15 is 0 Å². The van der Waals surface area contributed by atoms with Crippen LogP contribution in [0.5, 0.6) is 0 Å². The lowest BCUT2D eigenvalue weighted by Gasteiger charge is -2.31. The molecule has 0 saturated heterocycles. The van der Waals surface area contributed by atoms with Crippen molar-refractivity contribution in [3.8, 4) is 0 Å². The Morgan fingerprint density at radius 3 is 1.65 bits per heavy atom. The highest BCUT2D eigenvalue weighted by atomic mass is 16.4. The van der Waals surface area contributed by atoms with E-state index in [1.807, 2.05) is 97.1 Å². The highest BCUT2D eigenvalue weighted by Crippen LogP contribution is 2.24. The van der Waals surface area contributed by atoms with Crippen LogP contribution < -0.4 is 5.32 Å². The maximum absolute atomic E-state index is 10.9. The maximum atomic E-state index is 10.9. The third-order valence-corrected chi connectivity index (χ3v) is 5.22. The van der Waals surface area contributed by atoms with Crippen molar-refractivity contribution in [1.82, 2.24) is 5.32 Å². The molecule has 0 spiro atoms. The first-order valence-electron chi connectivity index (χ1n) is 10.3. The van der Waals surface area contributed by atoms with Crippen molar-refractivity contribution in [2.45, 2.75) is 30.4 Å². The van der Waals surface area contributed by atoms with Crippen LogP contribution in [0, 0.1) is 0 Å². The molecule has 0 bridgehead atoms. The lowest BCUT2D eigenvalue weighted by atomic mass is 9.94. The van der Waals surface area contributed by atoms with E-state index in [9.17, 15) is 20.4 Å². The molecule has 3 rings (SSSR count). The zero-order valence-corrected chi connectivity index (χ0v) is 17.2. The first-order valence-corrected chi connectivity index (χ1v) is 10.3. The predicted octanol–water partition coefficient (Wildman–Crippen LogP) is 2.52. The molecule has 0 radical (unpaired) electrons. The molecule has 0 aliphatic heterocycles. The molecule has 31 heavy (non-hydrogen) atoms. The molecular formula is C26H29NO4. The smallest absolute Gasteiger partial charge is 0.110 e. The summed E-state index contributed by atoms with van der Waals surface area (Å²) in [5.74, 6) is 0. The van der Waals surface area contributed by atoms with Crippen LogP contribution in [0.4, 0.5) is 0 Å². The quantitative estimate of drug-likeness (QED) is 0.348. The minimum Gasteiger partial charge on any atom is -0.394 e. The number of rotatable bonds is 10. The van der Waals surface area contributed by atoms with Crippen molar-refractivity contribution in [3.05, 3.63) is 114 Å². The van der Waals surface area contributed by atoms with E-state index in [0.717, 1.165) is 16.7 Å². The van der Waals surface area contributed by atoms with Gasteiger partial charge in [-0.05, 0) is 16.7 Å². The summed E-state index contributed by atoms with van der Waals surface area (Å²) >= 11 is 0. The molecule has 5 N–H and O–H groups in total. The summed E-state index contributed by atoms with van der Waals surface area (Å²) in [4.78, 5) is 0. The largest absolute Gasteiger partial charge is 0.394 e. The molecule has 162 valence electrons. The average molecular weight is 420 g/mol. The zero-order chi connectivity index (χ0) is 22.1. The van der Waals surface area contributed by atoms with E-state index in [-0.39, 0.29) is 6.04 Å². The SMILES string of the molecule is OCC(O)C(O)C(O)C(/C=C/c1ccccc1)NC(c1ccccc1)c1ccccc1. The van der Waals surface area contributed by atoms with Gasteiger partial charge < -0.3 is 20.4 Å². The molecule has 3 aromatic carbocycles. The molecule has 5 heteroatoms. The van der Waals surface area contributed by atoms with E-state index in [2.05, 4.69) is 5.32 Å². The van der Waals surface area contributed by atoms with E-state index in [4.69, 9.17) is 0 Å². The fraction of sp³-hybridized carbons (Fsp3) is 0.231. The van der Waals surface area contributed by atoms with Gasteiger partial charge in [-0.1, -0.05) is 103 Å². The lowest BCUT2D eigenvalue weighted by molar-refractivity contribution is -0.0827. The lowest BCUT2D eigenvalue weighted by Crippen LogP contribution is -2.51. The predicted molar refractivity (Wildman–Crippen MR) is 122 cm³/mol. The first-order chi connectivity index (χ1) is 15.1. The second kappa shape index (κ2) is 11.6. The monoisotopic (exact) mass is 419 g/mol. The van der Waals surface area contributed by atoms with Gasteiger partial charge in [-0.15, -0.1) is 0 Å². The third kappa shape index (κ3) is 6.34. The second-order valence-electron chi connectivity index (χ2n) is 7.45. The van der Waals surface area contributed by atoms with Crippen LogP contribution >= 0.6 is 0 Å². The summed E-state index contributed by atoms with van der Waals surface area (Å²) in [5.41, 5.74) is 2.93. The Kier molecular flexibility index (Phi) is 8.53. The fourth-order valence-corrected chi connectivity index (χ4v) is 3.46. The van der Waals surface area contributed by atoms with Gasteiger partial charge in [-0.2, -0.15) is 0 Å². The van der Waals surface area contributed by atoms with Crippen molar-refractivity contribution in [3.63, 3.8) is 0 Å². The van der Waals surface area contributed by atoms with Gasteiger partial charge in [0.05, 0.1) is 18.7 Å². The van der Waals surface area contributed by atoms with Gasteiger partial charge in [0, 0.05) is 0 Å². The number of aliphatic hydroxyl groups excluding tert-OH is 4. The molecule has 4 unspecified atom stereocenters. The highest BCUT2D eigenvalue weighted by molar-refractivity contribution is 5.50. The summed E-state index contributed by atoms with van der Waals surface area (Å²) in [6.45, 7) is -0.645. The number of hydrogen-bond acceptors (Lipinski definition) is 5. The molecule has 0 amide bonds. The Balaban J connectivity index is 1.94. The minimum atomic E-state index is -1.52. The molecule has 5 nitrogen and oxygen atoms in total. The van der Waals surface area contributed by atoms with Crippen LogP contribution in [0.2, 0.25) is 0 Å². The van der Waals surface area contributed by atoms with Gasteiger partial charge in [0.15, 0.2) is 0 Å². The number of aliphatic hydroxyl groups is 4. The van der Waals surface area contributed by atoms with Crippen LogP contribution in [0.25, 0.3) is 6.08 Å². The number of nitrogens with one attached hydrogen (secondary N) is 1. The van der Waals surface area contributed by atoms with Gasteiger partial charge in [0.25, 0.3) is 0 Å². The maximum Gasteiger partial charge on any atom is 0.110 e. The fourth-order valence-electron chi connectivity index (χ4n) is 3.46. The van der Waals surface area contributed by atoms with Crippen molar-refractivity contribution in [2.75, 3.05) is 6.61 Å². The van der Waals surface area contributed by atoms with E-state index in [1.54, 1.807) is 6.08 Å². The molecule has 0 fully saturated rings. The van der Waals surface area contributed by atoms with Crippen LogP contribution in [-0.2, 0) is 0 Å². The Morgan fingerprint density at radius 2 is 1.16 bits per heavy atom. The normalized spacial score (nSPS) is 15.6. The van der Waals surface area contributed by atoms with Gasteiger partial charge in [0.2, 0.25) is 0 Å².